The number of benzene rings is 2. The van der Waals surface area contributed by atoms with Crippen LogP contribution in [0.5, 0.6) is 0 Å². The molecule has 28 heavy (non-hydrogen) atoms. The lowest BCUT2D eigenvalue weighted by molar-refractivity contribution is -0.124. The first-order valence-electron chi connectivity index (χ1n) is 9.41. The number of nitrogens with zero attached hydrogens (tertiary/aromatic N) is 1. The Balaban J connectivity index is 1.61. The highest BCUT2D eigenvalue weighted by Gasteiger charge is 2.35. The Kier molecular flexibility index (Phi) is 6.90. The van der Waals surface area contributed by atoms with Gasteiger partial charge in [-0.3, -0.25) is 9.69 Å². The quantitative estimate of drug-likeness (QED) is 0.770. The summed E-state index contributed by atoms with van der Waals surface area (Å²) in [6.07, 6.45) is 4.69. The standard InChI is InChI=1S/C22H25F2N3O/c1-25-22(28)21-13-19(26-14-17-12-18(23)9-10-20(17)24)15-27(21)11-5-8-16-6-3-2-4-7-16/h2-10,12,19,21,26H,11,13-15H2,1H3,(H,25,28)/b8-5+/t19-,21-/m0/s1. The Morgan fingerprint density at radius 2 is 2.00 bits per heavy atom. The van der Waals surface area contributed by atoms with Gasteiger partial charge in [-0.2, -0.15) is 0 Å². The number of amides is 1. The number of nitrogens with one attached hydrogen (secondary N) is 2. The zero-order valence-electron chi connectivity index (χ0n) is 15.9. The SMILES string of the molecule is CNC(=O)[C@@H]1C[C@H](NCc2cc(F)ccc2F)CN1C/C=C/c1ccccc1. The molecule has 1 aliphatic heterocycles. The van der Waals surface area contributed by atoms with E-state index in [4.69, 9.17) is 0 Å². The monoisotopic (exact) mass is 385 g/mol. The fraction of sp³-hybridized carbons (Fsp3) is 0.318. The second kappa shape index (κ2) is 9.57. The van der Waals surface area contributed by atoms with Gasteiger partial charge in [-0.15, -0.1) is 0 Å². The predicted octanol–water partition coefficient (Wildman–Crippen LogP) is 2.96. The number of hydrogen-bond acceptors (Lipinski definition) is 3. The third kappa shape index (κ3) is 5.24. The molecule has 0 bridgehead atoms. The number of carbonyl (C=O) groups is 1. The number of rotatable bonds is 7. The molecule has 0 unspecified atom stereocenters. The minimum Gasteiger partial charge on any atom is -0.358 e. The van der Waals surface area contributed by atoms with Crippen molar-refractivity contribution in [1.29, 1.82) is 0 Å². The van der Waals surface area contributed by atoms with E-state index in [1.54, 1.807) is 7.05 Å². The van der Waals surface area contributed by atoms with E-state index in [1.165, 1.54) is 6.07 Å². The van der Waals surface area contributed by atoms with E-state index in [1.807, 2.05) is 42.5 Å². The maximum atomic E-state index is 13.8. The summed E-state index contributed by atoms with van der Waals surface area (Å²) >= 11 is 0. The van der Waals surface area contributed by atoms with Gasteiger partial charge in [0.1, 0.15) is 11.6 Å². The van der Waals surface area contributed by atoms with Crippen LogP contribution < -0.4 is 10.6 Å². The summed E-state index contributed by atoms with van der Waals surface area (Å²) in [6.45, 7) is 1.52. The van der Waals surface area contributed by atoms with Crippen molar-refractivity contribution in [2.45, 2.75) is 25.0 Å². The van der Waals surface area contributed by atoms with Crippen LogP contribution in [0.25, 0.3) is 6.08 Å². The number of hydrogen-bond donors (Lipinski definition) is 2. The Morgan fingerprint density at radius 3 is 2.75 bits per heavy atom. The van der Waals surface area contributed by atoms with Crippen LogP contribution in [0, 0.1) is 11.6 Å². The number of likely N-dealkylation sites (tertiary alicyclic amines) is 1. The second-order valence-corrected chi connectivity index (χ2v) is 6.95. The molecule has 1 heterocycles. The van der Waals surface area contributed by atoms with Gasteiger partial charge in [-0.05, 0) is 30.2 Å². The molecule has 0 saturated carbocycles. The largest absolute Gasteiger partial charge is 0.358 e. The molecule has 0 aromatic heterocycles. The molecule has 6 heteroatoms. The van der Waals surface area contributed by atoms with Crippen LogP contribution in [0.1, 0.15) is 17.5 Å². The minimum absolute atomic E-state index is 0.0232. The maximum Gasteiger partial charge on any atom is 0.237 e. The van der Waals surface area contributed by atoms with Gasteiger partial charge < -0.3 is 10.6 Å². The topological polar surface area (TPSA) is 44.4 Å². The second-order valence-electron chi connectivity index (χ2n) is 6.95. The Hall–Kier alpha value is -2.57. The molecule has 0 radical (unpaired) electrons. The summed E-state index contributed by atoms with van der Waals surface area (Å²) in [5.74, 6) is -0.924. The van der Waals surface area contributed by atoms with Crippen molar-refractivity contribution in [2.24, 2.45) is 0 Å². The van der Waals surface area contributed by atoms with Crippen LogP contribution in [-0.4, -0.2) is 43.0 Å². The van der Waals surface area contributed by atoms with Crippen molar-refractivity contribution in [3.63, 3.8) is 0 Å². The van der Waals surface area contributed by atoms with Crippen molar-refractivity contribution in [3.05, 3.63) is 77.4 Å². The summed E-state index contributed by atoms with van der Waals surface area (Å²) in [5.41, 5.74) is 1.40. The molecule has 148 valence electrons. The molecule has 0 spiro atoms. The Labute approximate surface area is 164 Å². The van der Waals surface area contributed by atoms with Crippen LogP contribution in [0.15, 0.2) is 54.6 Å². The molecule has 2 aromatic rings. The summed E-state index contributed by atoms with van der Waals surface area (Å²) in [6, 6.07) is 13.2. The first-order valence-corrected chi connectivity index (χ1v) is 9.41. The fourth-order valence-electron chi connectivity index (χ4n) is 3.51. The third-order valence-electron chi connectivity index (χ3n) is 4.99. The fourth-order valence-corrected chi connectivity index (χ4v) is 3.51. The average molecular weight is 385 g/mol. The van der Waals surface area contributed by atoms with Gasteiger partial charge in [0.05, 0.1) is 6.04 Å². The predicted molar refractivity (Wildman–Crippen MR) is 107 cm³/mol. The van der Waals surface area contributed by atoms with Crippen LogP contribution in [0.2, 0.25) is 0 Å². The first-order chi connectivity index (χ1) is 13.6. The van der Waals surface area contributed by atoms with Crippen LogP contribution in [0.4, 0.5) is 8.78 Å². The Bertz CT molecular complexity index is 826. The van der Waals surface area contributed by atoms with Crippen molar-refractivity contribution in [2.75, 3.05) is 20.1 Å². The van der Waals surface area contributed by atoms with E-state index in [-0.39, 0.29) is 24.5 Å². The normalized spacial score (nSPS) is 20.0. The molecule has 2 aromatic carbocycles. The van der Waals surface area contributed by atoms with Gasteiger partial charge in [0.15, 0.2) is 0 Å². The molecular weight excluding hydrogens is 360 g/mol. The van der Waals surface area contributed by atoms with E-state index >= 15 is 0 Å². The molecule has 1 saturated heterocycles. The summed E-state index contributed by atoms with van der Waals surface area (Å²) in [7, 11) is 1.63. The third-order valence-corrected chi connectivity index (χ3v) is 4.99. The average Bonchev–Trinajstić information content (AvgIpc) is 3.12. The molecule has 3 rings (SSSR count). The molecule has 4 nitrogen and oxygen atoms in total. The molecular formula is C22H25F2N3O. The molecule has 2 atom stereocenters. The van der Waals surface area contributed by atoms with Crippen molar-refractivity contribution in [3.8, 4) is 0 Å². The lowest BCUT2D eigenvalue weighted by atomic mass is 10.1. The van der Waals surface area contributed by atoms with Gasteiger partial charge in [-0.25, -0.2) is 8.78 Å². The highest BCUT2D eigenvalue weighted by atomic mass is 19.1. The summed E-state index contributed by atoms with van der Waals surface area (Å²) in [5, 5.41) is 5.97. The number of likely N-dealkylation sites (N-methyl/N-ethyl adjacent to an activating group) is 1. The Morgan fingerprint density at radius 1 is 1.21 bits per heavy atom. The van der Waals surface area contributed by atoms with E-state index in [0.29, 0.717) is 25.1 Å². The van der Waals surface area contributed by atoms with E-state index in [0.717, 1.165) is 17.7 Å². The highest BCUT2D eigenvalue weighted by Crippen LogP contribution is 2.19. The van der Waals surface area contributed by atoms with Gasteiger partial charge in [0.25, 0.3) is 0 Å². The summed E-state index contributed by atoms with van der Waals surface area (Å²) < 4.78 is 27.2. The van der Waals surface area contributed by atoms with Crippen molar-refractivity contribution in [1.82, 2.24) is 15.5 Å². The number of halogens is 2. The summed E-state index contributed by atoms with van der Waals surface area (Å²) in [4.78, 5) is 14.4. The molecule has 1 fully saturated rings. The zero-order chi connectivity index (χ0) is 19.9. The van der Waals surface area contributed by atoms with Gasteiger partial charge in [-0.1, -0.05) is 42.5 Å². The lowest BCUT2D eigenvalue weighted by Crippen LogP contribution is -2.41. The lowest BCUT2D eigenvalue weighted by Gasteiger charge is -2.21. The van der Waals surface area contributed by atoms with Gasteiger partial charge >= 0.3 is 0 Å². The zero-order valence-corrected chi connectivity index (χ0v) is 15.9. The molecule has 1 amide bonds. The maximum absolute atomic E-state index is 13.8. The van der Waals surface area contributed by atoms with Gasteiger partial charge in [0, 0.05) is 38.3 Å². The number of carbonyl (C=O) groups excluding carboxylic acids is 1. The van der Waals surface area contributed by atoms with Gasteiger partial charge in [0.2, 0.25) is 5.91 Å². The first kappa shape index (κ1) is 20.2. The van der Waals surface area contributed by atoms with Crippen molar-refractivity contribution >= 4 is 12.0 Å². The molecule has 1 aliphatic rings. The molecule has 0 aliphatic carbocycles. The van der Waals surface area contributed by atoms with Crippen molar-refractivity contribution < 1.29 is 13.6 Å². The van der Waals surface area contributed by atoms with Crippen LogP contribution in [-0.2, 0) is 11.3 Å². The van der Waals surface area contributed by atoms with E-state index in [9.17, 15) is 13.6 Å². The molecule has 2 N–H and O–H groups in total. The van der Waals surface area contributed by atoms with E-state index < -0.39 is 11.6 Å². The van der Waals surface area contributed by atoms with E-state index in [2.05, 4.69) is 15.5 Å². The van der Waals surface area contributed by atoms with Crippen LogP contribution in [0.3, 0.4) is 0 Å². The minimum atomic E-state index is -0.458. The smallest absolute Gasteiger partial charge is 0.237 e. The highest BCUT2D eigenvalue weighted by molar-refractivity contribution is 5.82. The van der Waals surface area contributed by atoms with Crippen LogP contribution >= 0.6 is 0 Å².